The molecule has 0 spiro atoms. The van der Waals surface area contributed by atoms with Gasteiger partial charge in [-0.15, -0.1) is 11.3 Å². The molecule has 4 aromatic rings. The molecule has 0 radical (unpaired) electrons. The van der Waals surface area contributed by atoms with E-state index >= 15 is 0 Å². The monoisotopic (exact) mass is 466 g/mol. The zero-order chi connectivity index (χ0) is 19.9. The molecule has 4 rings (SSSR count). The van der Waals surface area contributed by atoms with E-state index in [1.165, 1.54) is 23.5 Å². The molecule has 0 aliphatic heterocycles. The quantitative estimate of drug-likeness (QED) is 0.353. The van der Waals surface area contributed by atoms with Gasteiger partial charge in [0.05, 0.1) is 16.8 Å². The van der Waals surface area contributed by atoms with Crippen molar-refractivity contribution in [3.63, 3.8) is 0 Å². The number of rotatable bonds is 3. The van der Waals surface area contributed by atoms with Crippen molar-refractivity contribution in [3.8, 4) is 11.3 Å². The molecule has 142 valence electrons. The minimum atomic E-state index is -4.43. The largest absolute Gasteiger partial charge is 0.422 e. The molecular formula is C19H10BrF3N2O2S. The summed E-state index contributed by atoms with van der Waals surface area (Å²) in [5.41, 5.74) is 0.0783. The summed E-state index contributed by atoms with van der Waals surface area (Å²) in [6.45, 7) is 0. The van der Waals surface area contributed by atoms with Crippen LogP contribution in [-0.2, 0) is 6.18 Å². The van der Waals surface area contributed by atoms with E-state index in [1.54, 1.807) is 23.6 Å². The van der Waals surface area contributed by atoms with Gasteiger partial charge in [-0.3, -0.25) is 0 Å². The van der Waals surface area contributed by atoms with Gasteiger partial charge in [0.2, 0.25) is 0 Å². The van der Waals surface area contributed by atoms with Crippen molar-refractivity contribution in [2.45, 2.75) is 6.18 Å². The van der Waals surface area contributed by atoms with Crippen LogP contribution >= 0.6 is 27.3 Å². The Balaban J connectivity index is 1.66. The van der Waals surface area contributed by atoms with Crippen LogP contribution in [0.4, 0.5) is 24.0 Å². The molecule has 28 heavy (non-hydrogen) atoms. The molecule has 0 fully saturated rings. The van der Waals surface area contributed by atoms with Gasteiger partial charge >= 0.3 is 11.8 Å². The van der Waals surface area contributed by atoms with Gasteiger partial charge in [0.25, 0.3) is 0 Å². The van der Waals surface area contributed by atoms with Gasteiger partial charge in [0, 0.05) is 20.9 Å². The topological polar surface area (TPSA) is 55.1 Å². The van der Waals surface area contributed by atoms with E-state index in [4.69, 9.17) is 4.42 Å². The summed E-state index contributed by atoms with van der Waals surface area (Å²) < 4.78 is 44.7. The molecule has 2 aromatic carbocycles. The van der Waals surface area contributed by atoms with Gasteiger partial charge < -0.3 is 9.73 Å². The molecule has 0 amide bonds. The number of halogens is 4. The molecule has 2 heterocycles. The van der Waals surface area contributed by atoms with E-state index in [-0.39, 0.29) is 11.3 Å². The third-order valence-electron chi connectivity index (χ3n) is 3.92. The lowest BCUT2D eigenvalue weighted by Crippen LogP contribution is -2.05. The van der Waals surface area contributed by atoms with E-state index in [0.717, 1.165) is 22.0 Å². The molecular weight excluding hydrogens is 457 g/mol. The highest BCUT2D eigenvalue weighted by atomic mass is 79.9. The highest BCUT2D eigenvalue weighted by molar-refractivity contribution is 9.10. The number of thiazole rings is 1. The number of anilines is 2. The van der Waals surface area contributed by atoms with Gasteiger partial charge in [-0.2, -0.15) is 13.2 Å². The summed E-state index contributed by atoms with van der Waals surface area (Å²) in [6.07, 6.45) is -4.43. The zero-order valence-electron chi connectivity index (χ0n) is 13.9. The average Bonchev–Trinajstić information content (AvgIpc) is 3.09. The first-order valence-electron chi connectivity index (χ1n) is 7.93. The molecule has 0 aliphatic carbocycles. The highest BCUT2D eigenvalue weighted by Crippen LogP contribution is 2.32. The van der Waals surface area contributed by atoms with Crippen LogP contribution in [0.25, 0.3) is 22.2 Å². The van der Waals surface area contributed by atoms with Crippen molar-refractivity contribution in [1.29, 1.82) is 0 Å². The molecule has 9 heteroatoms. The maximum Gasteiger partial charge on any atom is 0.416 e. The van der Waals surface area contributed by atoms with Crippen molar-refractivity contribution in [3.05, 3.63) is 74.4 Å². The van der Waals surface area contributed by atoms with Crippen molar-refractivity contribution in [2.24, 2.45) is 0 Å². The van der Waals surface area contributed by atoms with Crippen LogP contribution in [0.5, 0.6) is 0 Å². The first kappa shape index (κ1) is 18.7. The van der Waals surface area contributed by atoms with Crippen LogP contribution < -0.4 is 10.9 Å². The number of benzene rings is 2. The lowest BCUT2D eigenvalue weighted by Gasteiger charge is -2.08. The molecule has 4 nitrogen and oxygen atoms in total. The van der Waals surface area contributed by atoms with Crippen LogP contribution in [0.1, 0.15) is 5.56 Å². The Bertz CT molecular complexity index is 1230. The van der Waals surface area contributed by atoms with E-state index in [1.807, 2.05) is 6.07 Å². The van der Waals surface area contributed by atoms with E-state index in [0.29, 0.717) is 16.4 Å². The highest BCUT2D eigenvalue weighted by Gasteiger charge is 2.30. The maximum absolute atomic E-state index is 12.8. The van der Waals surface area contributed by atoms with E-state index < -0.39 is 17.4 Å². The Morgan fingerprint density at radius 2 is 1.93 bits per heavy atom. The minimum absolute atomic E-state index is 0.255. The molecule has 2 aromatic heterocycles. The van der Waals surface area contributed by atoms with Crippen LogP contribution in [0.3, 0.4) is 0 Å². The summed E-state index contributed by atoms with van der Waals surface area (Å²) in [4.78, 5) is 16.6. The summed E-state index contributed by atoms with van der Waals surface area (Å²) in [5, 5.41) is 5.57. The SMILES string of the molecule is O=c1oc2ccc(Br)cc2cc1-c1csc(Nc2cccc(C(F)(F)F)c2)n1. The molecule has 0 atom stereocenters. The molecule has 0 saturated carbocycles. The predicted octanol–water partition coefficient (Wildman–Crippen LogP) is 6.44. The molecule has 0 aliphatic rings. The first-order valence-corrected chi connectivity index (χ1v) is 9.60. The Morgan fingerprint density at radius 1 is 1.11 bits per heavy atom. The minimum Gasteiger partial charge on any atom is -0.422 e. The number of nitrogens with zero attached hydrogens (tertiary/aromatic N) is 1. The van der Waals surface area contributed by atoms with Crippen molar-refractivity contribution in [2.75, 3.05) is 5.32 Å². The standard InChI is InChI=1S/C19H10BrF3N2O2S/c20-12-4-5-16-10(6-12)7-14(17(26)27-16)15-9-28-18(25-15)24-13-3-1-2-11(8-13)19(21,22)23/h1-9H,(H,24,25). The third kappa shape index (κ3) is 3.81. The van der Waals surface area contributed by atoms with Gasteiger partial charge in [0.1, 0.15) is 5.58 Å². The Hall–Kier alpha value is -2.65. The Labute approximate surface area is 168 Å². The second-order valence-electron chi connectivity index (χ2n) is 5.87. The number of aromatic nitrogens is 1. The van der Waals surface area contributed by atoms with Crippen LogP contribution in [-0.4, -0.2) is 4.98 Å². The number of nitrogens with one attached hydrogen (secondary N) is 1. The predicted molar refractivity (Wildman–Crippen MR) is 106 cm³/mol. The van der Waals surface area contributed by atoms with Crippen LogP contribution in [0, 0.1) is 0 Å². The van der Waals surface area contributed by atoms with Crippen molar-refractivity contribution in [1.82, 2.24) is 4.98 Å². The third-order valence-corrected chi connectivity index (χ3v) is 5.17. The molecule has 0 unspecified atom stereocenters. The maximum atomic E-state index is 12.8. The van der Waals surface area contributed by atoms with Gasteiger partial charge in [-0.1, -0.05) is 22.0 Å². The van der Waals surface area contributed by atoms with Gasteiger partial charge in [0.15, 0.2) is 5.13 Å². The van der Waals surface area contributed by atoms with Crippen LogP contribution in [0.2, 0.25) is 0 Å². The molecule has 1 N–H and O–H groups in total. The summed E-state index contributed by atoms with van der Waals surface area (Å²) in [5.74, 6) is 0. The number of alkyl halides is 3. The fourth-order valence-corrected chi connectivity index (χ4v) is 3.73. The first-order chi connectivity index (χ1) is 13.3. The van der Waals surface area contributed by atoms with Gasteiger partial charge in [-0.05, 0) is 42.5 Å². The van der Waals surface area contributed by atoms with Crippen LogP contribution in [0.15, 0.2) is 67.6 Å². The lowest BCUT2D eigenvalue weighted by atomic mass is 10.1. The Morgan fingerprint density at radius 3 is 2.71 bits per heavy atom. The zero-order valence-corrected chi connectivity index (χ0v) is 16.3. The normalized spacial score (nSPS) is 11.7. The van der Waals surface area contributed by atoms with Gasteiger partial charge in [-0.25, -0.2) is 9.78 Å². The van der Waals surface area contributed by atoms with Crippen molar-refractivity contribution >= 4 is 49.1 Å². The fourth-order valence-electron chi connectivity index (χ4n) is 2.62. The summed E-state index contributed by atoms with van der Waals surface area (Å²) >= 11 is 4.55. The fraction of sp³-hybridized carbons (Fsp3) is 0.0526. The van der Waals surface area contributed by atoms with E-state index in [2.05, 4.69) is 26.2 Å². The second kappa shape index (κ2) is 7.06. The number of fused-ring (bicyclic) bond motifs is 1. The van der Waals surface area contributed by atoms with E-state index in [9.17, 15) is 18.0 Å². The second-order valence-corrected chi connectivity index (χ2v) is 7.64. The number of hydrogen-bond donors (Lipinski definition) is 1. The Kier molecular flexibility index (Phi) is 4.72. The number of hydrogen-bond acceptors (Lipinski definition) is 5. The molecule has 0 saturated heterocycles. The summed E-state index contributed by atoms with van der Waals surface area (Å²) in [7, 11) is 0. The lowest BCUT2D eigenvalue weighted by molar-refractivity contribution is -0.137. The molecule has 0 bridgehead atoms. The smallest absolute Gasteiger partial charge is 0.416 e. The summed E-state index contributed by atoms with van der Waals surface area (Å²) in [6, 6.07) is 11.8. The van der Waals surface area contributed by atoms with Crippen molar-refractivity contribution < 1.29 is 17.6 Å². The average molecular weight is 467 g/mol.